The molecule has 228 valence electrons. The zero-order chi connectivity index (χ0) is 31.7. The summed E-state index contributed by atoms with van der Waals surface area (Å²) < 4.78 is 8.30. The Kier molecular flexibility index (Phi) is 8.16. The molecular weight excluding hydrogens is 570 g/mol. The third kappa shape index (κ3) is 5.81. The topological polar surface area (TPSA) is 119 Å². The second-order valence-corrected chi connectivity index (χ2v) is 11.1. The number of hydrogen-bond donors (Lipinski definition) is 2. The van der Waals surface area contributed by atoms with Crippen molar-refractivity contribution in [1.82, 2.24) is 19.0 Å². The minimum absolute atomic E-state index is 0.117. The highest BCUT2D eigenvalue weighted by Crippen LogP contribution is 2.30. The largest absolute Gasteiger partial charge is 0.392 e. The molecule has 1 saturated heterocycles. The molecule has 1 aliphatic heterocycles. The molecule has 10 heteroatoms. The van der Waals surface area contributed by atoms with Crippen LogP contribution in [-0.2, 0) is 18.4 Å². The van der Waals surface area contributed by atoms with Crippen molar-refractivity contribution in [2.75, 3.05) is 31.6 Å². The molecule has 0 aliphatic carbocycles. The van der Waals surface area contributed by atoms with E-state index in [-0.39, 0.29) is 29.3 Å². The van der Waals surface area contributed by atoms with Gasteiger partial charge in [-0.05, 0) is 65.9 Å². The van der Waals surface area contributed by atoms with E-state index < -0.39 is 0 Å². The van der Waals surface area contributed by atoms with Gasteiger partial charge in [-0.2, -0.15) is 0 Å². The van der Waals surface area contributed by atoms with E-state index >= 15 is 0 Å². The summed E-state index contributed by atoms with van der Waals surface area (Å²) in [5.41, 5.74) is 4.49. The summed E-state index contributed by atoms with van der Waals surface area (Å²) in [5, 5.41) is 15.0. The molecule has 0 radical (unpaired) electrons. The number of aliphatic hydroxyl groups is 1. The van der Waals surface area contributed by atoms with Crippen LogP contribution in [0.15, 0.2) is 95.4 Å². The van der Waals surface area contributed by atoms with Gasteiger partial charge in [-0.25, -0.2) is 4.98 Å². The number of amides is 1. The number of benzene rings is 2. The predicted molar refractivity (Wildman–Crippen MR) is 175 cm³/mol. The van der Waals surface area contributed by atoms with Crippen LogP contribution in [0.5, 0.6) is 0 Å². The molecular formula is C35H33N5O5. The maximum atomic E-state index is 13.6. The molecule has 5 aromatic rings. The van der Waals surface area contributed by atoms with E-state index in [0.29, 0.717) is 65.4 Å². The summed E-state index contributed by atoms with van der Waals surface area (Å²) in [6.45, 7) is 7.66. The van der Waals surface area contributed by atoms with Gasteiger partial charge in [0, 0.05) is 55.2 Å². The van der Waals surface area contributed by atoms with Crippen molar-refractivity contribution in [3.8, 4) is 16.8 Å². The van der Waals surface area contributed by atoms with E-state index in [0.717, 1.165) is 16.5 Å². The van der Waals surface area contributed by atoms with E-state index in [1.165, 1.54) is 15.3 Å². The number of aliphatic hydroxyl groups excluding tert-OH is 1. The molecule has 2 aromatic carbocycles. The smallest absolute Gasteiger partial charge is 0.274 e. The molecule has 0 bridgehead atoms. The number of aryl methyl sites for hydroxylation is 1. The van der Waals surface area contributed by atoms with Crippen LogP contribution in [0, 0.1) is 0 Å². The van der Waals surface area contributed by atoms with E-state index in [9.17, 15) is 19.5 Å². The molecule has 1 aliphatic rings. The molecule has 3 aromatic heterocycles. The number of carbonyl (C=O) groups is 1. The zero-order valence-corrected chi connectivity index (χ0v) is 25.1. The minimum Gasteiger partial charge on any atom is -0.392 e. The zero-order valence-electron chi connectivity index (χ0n) is 25.1. The van der Waals surface area contributed by atoms with Gasteiger partial charge in [0.25, 0.3) is 17.0 Å². The molecule has 0 spiro atoms. The van der Waals surface area contributed by atoms with Crippen LogP contribution in [0.1, 0.15) is 28.4 Å². The normalized spacial score (nSPS) is 13.2. The third-order valence-corrected chi connectivity index (χ3v) is 8.03. The van der Waals surface area contributed by atoms with Gasteiger partial charge in [0.2, 0.25) is 0 Å². The highest BCUT2D eigenvalue weighted by molar-refractivity contribution is 5.94. The second-order valence-electron chi connectivity index (χ2n) is 11.1. The van der Waals surface area contributed by atoms with Gasteiger partial charge in [0.15, 0.2) is 0 Å². The minimum atomic E-state index is -0.337. The number of nitrogens with one attached hydrogen (secondary N) is 1. The van der Waals surface area contributed by atoms with Crippen molar-refractivity contribution in [2.45, 2.75) is 13.5 Å². The van der Waals surface area contributed by atoms with Crippen LogP contribution in [0.4, 0.5) is 11.5 Å². The van der Waals surface area contributed by atoms with Crippen LogP contribution < -0.4 is 16.4 Å². The number of morpholine rings is 1. The number of allylic oxidation sites excluding steroid dienone is 1. The standard InChI is InChI=1S/C35H33N5O5/c1-22(2)23-7-9-28-24(17-23)11-12-40(34(28)43)31-6-4-5-27(29(31)21-41)26-18-30(35(44)38(3)20-26)37-32-10-8-25(19-36-32)33(42)39-13-15-45-16-14-39/h4-12,17-20,41H,1,13-16,21H2,2-3H3,(H,36,37). The number of carbonyl (C=O) groups excluding carboxylic acids is 1. The first-order chi connectivity index (χ1) is 21.7. The monoisotopic (exact) mass is 603 g/mol. The van der Waals surface area contributed by atoms with Gasteiger partial charge >= 0.3 is 0 Å². The maximum absolute atomic E-state index is 13.6. The fourth-order valence-electron chi connectivity index (χ4n) is 5.57. The quantitative estimate of drug-likeness (QED) is 0.281. The lowest BCUT2D eigenvalue weighted by Crippen LogP contribution is -2.40. The van der Waals surface area contributed by atoms with Crippen LogP contribution in [0.2, 0.25) is 0 Å². The molecule has 4 heterocycles. The second kappa shape index (κ2) is 12.4. The van der Waals surface area contributed by atoms with Crippen molar-refractivity contribution in [2.24, 2.45) is 7.05 Å². The average Bonchev–Trinajstić information content (AvgIpc) is 3.06. The Labute approximate surface area is 259 Å². The van der Waals surface area contributed by atoms with E-state index in [2.05, 4.69) is 16.9 Å². The van der Waals surface area contributed by atoms with E-state index in [1.54, 1.807) is 54.7 Å². The Morgan fingerprint density at radius 2 is 1.80 bits per heavy atom. The number of anilines is 2. The summed E-state index contributed by atoms with van der Waals surface area (Å²) in [7, 11) is 1.64. The number of nitrogens with zero attached hydrogens (tertiary/aromatic N) is 4. The molecule has 0 saturated carbocycles. The van der Waals surface area contributed by atoms with Crippen molar-refractivity contribution in [3.05, 3.63) is 123 Å². The molecule has 10 nitrogen and oxygen atoms in total. The highest BCUT2D eigenvalue weighted by Gasteiger charge is 2.19. The van der Waals surface area contributed by atoms with Gasteiger partial charge in [-0.1, -0.05) is 30.4 Å². The van der Waals surface area contributed by atoms with Crippen LogP contribution >= 0.6 is 0 Å². The Hall–Kier alpha value is -5.32. The summed E-state index contributed by atoms with van der Waals surface area (Å²) in [5.74, 6) is 0.283. The van der Waals surface area contributed by atoms with Gasteiger partial charge in [0.05, 0.1) is 31.1 Å². The van der Waals surface area contributed by atoms with E-state index in [1.807, 2.05) is 37.3 Å². The summed E-state index contributed by atoms with van der Waals surface area (Å²) in [6.07, 6.45) is 4.88. The van der Waals surface area contributed by atoms with Gasteiger partial charge in [-0.15, -0.1) is 0 Å². The first-order valence-electron chi connectivity index (χ1n) is 14.6. The molecule has 2 N–H and O–H groups in total. The first kappa shape index (κ1) is 29.7. The van der Waals surface area contributed by atoms with Crippen molar-refractivity contribution in [1.29, 1.82) is 0 Å². The highest BCUT2D eigenvalue weighted by atomic mass is 16.5. The van der Waals surface area contributed by atoms with Gasteiger partial charge in [-0.3, -0.25) is 19.0 Å². The van der Waals surface area contributed by atoms with Crippen molar-refractivity contribution < 1.29 is 14.6 Å². The molecule has 6 rings (SSSR count). The van der Waals surface area contributed by atoms with Gasteiger partial charge < -0.3 is 24.6 Å². The van der Waals surface area contributed by atoms with E-state index in [4.69, 9.17) is 4.74 Å². The fourth-order valence-corrected chi connectivity index (χ4v) is 5.57. The van der Waals surface area contributed by atoms with Crippen LogP contribution in [-0.4, -0.2) is 56.3 Å². The van der Waals surface area contributed by atoms with Crippen LogP contribution in [0.3, 0.4) is 0 Å². The Balaban J connectivity index is 1.34. The molecule has 1 fully saturated rings. The summed E-state index contributed by atoms with van der Waals surface area (Å²) in [4.78, 5) is 45.6. The number of aromatic nitrogens is 3. The van der Waals surface area contributed by atoms with Crippen molar-refractivity contribution in [3.63, 3.8) is 0 Å². The first-order valence-corrected chi connectivity index (χ1v) is 14.6. The Morgan fingerprint density at radius 1 is 1.02 bits per heavy atom. The predicted octanol–water partition coefficient (Wildman–Crippen LogP) is 4.49. The number of rotatable bonds is 7. The van der Waals surface area contributed by atoms with Crippen LogP contribution in [0.25, 0.3) is 33.2 Å². The maximum Gasteiger partial charge on any atom is 0.274 e. The summed E-state index contributed by atoms with van der Waals surface area (Å²) >= 11 is 0. The molecule has 45 heavy (non-hydrogen) atoms. The summed E-state index contributed by atoms with van der Waals surface area (Å²) in [6, 6.07) is 18.0. The Morgan fingerprint density at radius 3 is 2.51 bits per heavy atom. The Bertz CT molecular complexity index is 2060. The SMILES string of the molecule is C=C(C)c1ccc2c(=O)n(-c3cccc(-c4cc(Nc5ccc(C(=O)N6CCOCC6)cn5)c(=O)n(C)c4)c3CO)ccc2c1. The van der Waals surface area contributed by atoms with Gasteiger partial charge in [0.1, 0.15) is 11.5 Å². The van der Waals surface area contributed by atoms with Crippen molar-refractivity contribution >= 4 is 33.8 Å². The molecule has 0 unspecified atom stereocenters. The number of pyridine rings is 3. The number of fused-ring (bicyclic) bond motifs is 1. The fraction of sp³-hybridized carbons (Fsp3) is 0.200. The lowest BCUT2D eigenvalue weighted by Gasteiger charge is -2.26. The molecule has 1 amide bonds. The third-order valence-electron chi connectivity index (χ3n) is 8.03. The average molecular weight is 604 g/mol. The lowest BCUT2D eigenvalue weighted by atomic mass is 9.98. The number of hydrogen-bond acceptors (Lipinski definition) is 7. The molecule has 0 atom stereocenters. The number of ether oxygens (including phenoxy) is 1. The lowest BCUT2D eigenvalue weighted by molar-refractivity contribution is 0.0302.